The van der Waals surface area contributed by atoms with Crippen molar-refractivity contribution in [2.45, 2.75) is 0 Å². The number of hydrazine groups is 1. The summed E-state index contributed by atoms with van der Waals surface area (Å²) < 4.78 is 16.8. The molecule has 29 heavy (non-hydrogen) atoms. The van der Waals surface area contributed by atoms with Gasteiger partial charge in [-0.25, -0.2) is 0 Å². The van der Waals surface area contributed by atoms with E-state index in [4.69, 9.17) is 14.2 Å². The molecular weight excluding hydrogens is 440 g/mol. The van der Waals surface area contributed by atoms with E-state index in [-0.39, 0.29) is 13.2 Å². The second-order valence-electron chi connectivity index (χ2n) is 5.92. The van der Waals surface area contributed by atoms with Gasteiger partial charge in [-0.05, 0) is 44.9 Å². The van der Waals surface area contributed by atoms with Crippen LogP contribution in [0.2, 0.25) is 0 Å². The number of fused-ring (bicyclic) bond motifs is 1. The molecule has 0 aliphatic heterocycles. The van der Waals surface area contributed by atoms with Gasteiger partial charge in [-0.2, -0.15) is 0 Å². The molecule has 0 bridgehead atoms. The second kappa shape index (κ2) is 9.79. The van der Waals surface area contributed by atoms with Gasteiger partial charge in [-0.15, -0.1) is 0 Å². The van der Waals surface area contributed by atoms with E-state index in [9.17, 15) is 9.59 Å². The number of hydrogen-bond acceptors (Lipinski definition) is 5. The normalized spacial score (nSPS) is 10.3. The van der Waals surface area contributed by atoms with Gasteiger partial charge in [0.05, 0.1) is 11.6 Å². The smallest absolute Gasteiger partial charge is 0.276 e. The van der Waals surface area contributed by atoms with Crippen LogP contribution in [-0.4, -0.2) is 32.1 Å². The fraction of sp³-hybridized carbons (Fsp3) is 0.143. The molecule has 0 atom stereocenters. The van der Waals surface area contributed by atoms with Crippen LogP contribution < -0.4 is 25.1 Å². The number of hydrogen-bond donors (Lipinski definition) is 2. The lowest BCUT2D eigenvalue weighted by Crippen LogP contribution is -2.45. The van der Waals surface area contributed by atoms with Gasteiger partial charge >= 0.3 is 0 Å². The lowest BCUT2D eigenvalue weighted by Gasteiger charge is -2.12. The average molecular weight is 459 g/mol. The van der Waals surface area contributed by atoms with Gasteiger partial charge in [0, 0.05) is 0 Å². The summed E-state index contributed by atoms with van der Waals surface area (Å²) >= 11 is 3.50. The van der Waals surface area contributed by atoms with E-state index in [1.165, 1.54) is 7.11 Å². The zero-order chi connectivity index (χ0) is 20.6. The predicted molar refractivity (Wildman–Crippen MR) is 112 cm³/mol. The van der Waals surface area contributed by atoms with Crippen molar-refractivity contribution in [3.63, 3.8) is 0 Å². The molecule has 0 saturated heterocycles. The summed E-state index contributed by atoms with van der Waals surface area (Å²) in [5, 5.41) is 2.03. The molecule has 3 aromatic rings. The molecule has 0 aliphatic carbocycles. The van der Waals surface area contributed by atoms with E-state index in [2.05, 4.69) is 26.8 Å². The number of ether oxygens (including phenoxy) is 3. The van der Waals surface area contributed by atoms with Crippen molar-refractivity contribution < 1.29 is 23.8 Å². The van der Waals surface area contributed by atoms with Gasteiger partial charge < -0.3 is 14.2 Å². The minimum atomic E-state index is -0.517. The topological polar surface area (TPSA) is 85.9 Å². The van der Waals surface area contributed by atoms with Crippen LogP contribution in [0.1, 0.15) is 0 Å². The Bertz CT molecular complexity index is 1020. The van der Waals surface area contributed by atoms with Crippen LogP contribution in [0.3, 0.4) is 0 Å². The molecule has 3 aromatic carbocycles. The maximum atomic E-state index is 11.9. The molecule has 0 fully saturated rings. The third kappa shape index (κ3) is 5.39. The quantitative estimate of drug-likeness (QED) is 0.530. The second-order valence-corrected chi connectivity index (χ2v) is 6.72. The minimum absolute atomic E-state index is 0.259. The Morgan fingerprint density at radius 3 is 2.07 bits per heavy atom. The first-order valence-corrected chi connectivity index (χ1v) is 9.51. The molecule has 0 unspecified atom stereocenters. The highest BCUT2D eigenvalue weighted by Crippen LogP contribution is 2.32. The Morgan fingerprint density at radius 2 is 1.38 bits per heavy atom. The van der Waals surface area contributed by atoms with E-state index in [0.717, 1.165) is 15.2 Å². The van der Waals surface area contributed by atoms with Crippen LogP contribution in [-0.2, 0) is 9.59 Å². The van der Waals surface area contributed by atoms with Gasteiger partial charge in [-0.1, -0.05) is 42.5 Å². The Balaban J connectivity index is 1.45. The van der Waals surface area contributed by atoms with Crippen LogP contribution >= 0.6 is 15.9 Å². The number of benzene rings is 3. The maximum Gasteiger partial charge on any atom is 0.276 e. The largest absolute Gasteiger partial charge is 0.493 e. The standard InChI is InChI=1S/C21H19BrN2O5/c1-27-16-8-4-5-9-17(16)28-12-19(25)23-24-20(26)13-29-18-11-10-14-6-2-3-7-15(14)21(18)22/h2-11H,12-13H2,1H3,(H,23,25)(H,24,26). The summed E-state index contributed by atoms with van der Waals surface area (Å²) in [6.07, 6.45) is 0. The van der Waals surface area contributed by atoms with Crippen molar-refractivity contribution in [2.75, 3.05) is 20.3 Å². The number of nitrogens with one attached hydrogen (secondary N) is 2. The molecule has 0 saturated carbocycles. The van der Waals surface area contributed by atoms with Gasteiger partial charge in [0.15, 0.2) is 24.7 Å². The summed E-state index contributed by atoms with van der Waals surface area (Å²) in [5.41, 5.74) is 4.56. The monoisotopic (exact) mass is 458 g/mol. The Kier molecular flexibility index (Phi) is 6.91. The fourth-order valence-electron chi connectivity index (χ4n) is 2.56. The third-order valence-electron chi connectivity index (χ3n) is 3.96. The maximum absolute atomic E-state index is 11.9. The molecule has 0 spiro atoms. The molecule has 0 aliphatic rings. The van der Waals surface area contributed by atoms with Gasteiger partial charge in [-0.3, -0.25) is 20.4 Å². The molecule has 2 N–H and O–H groups in total. The van der Waals surface area contributed by atoms with E-state index in [1.807, 2.05) is 30.3 Å². The number of halogens is 1. The molecule has 0 heterocycles. The number of para-hydroxylation sites is 2. The van der Waals surface area contributed by atoms with Crippen LogP contribution in [0.15, 0.2) is 65.1 Å². The first-order chi connectivity index (χ1) is 14.1. The SMILES string of the molecule is COc1ccccc1OCC(=O)NNC(=O)COc1ccc2ccccc2c1Br. The van der Waals surface area contributed by atoms with Crippen molar-refractivity contribution in [1.82, 2.24) is 10.9 Å². The van der Waals surface area contributed by atoms with E-state index < -0.39 is 11.8 Å². The molecule has 8 heteroatoms. The number of carbonyl (C=O) groups excluding carboxylic acids is 2. The summed E-state index contributed by atoms with van der Waals surface area (Å²) in [5.74, 6) is 0.455. The van der Waals surface area contributed by atoms with Crippen molar-refractivity contribution in [2.24, 2.45) is 0 Å². The van der Waals surface area contributed by atoms with Crippen LogP contribution in [0.25, 0.3) is 10.8 Å². The summed E-state index contributed by atoms with van der Waals surface area (Å²) in [4.78, 5) is 23.8. The predicted octanol–water partition coefficient (Wildman–Crippen LogP) is 3.22. The molecule has 0 radical (unpaired) electrons. The number of methoxy groups -OCH3 is 1. The van der Waals surface area contributed by atoms with Crippen molar-refractivity contribution in [1.29, 1.82) is 0 Å². The lowest BCUT2D eigenvalue weighted by molar-refractivity contribution is -0.131. The Morgan fingerprint density at radius 1 is 0.793 bits per heavy atom. The average Bonchev–Trinajstić information content (AvgIpc) is 2.76. The number of rotatable bonds is 7. The van der Waals surface area contributed by atoms with E-state index in [0.29, 0.717) is 17.2 Å². The molecule has 150 valence electrons. The first-order valence-electron chi connectivity index (χ1n) is 8.72. The van der Waals surface area contributed by atoms with Gasteiger partial charge in [0.2, 0.25) is 0 Å². The summed E-state index contributed by atoms with van der Waals surface area (Å²) in [6, 6.07) is 18.4. The van der Waals surface area contributed by atoms with Crippen molar-refractivity contribution in [3.05, 3.63) is 65.1 Å². The highest BCUT2D eigenvalue weighted by Gasteiger charge is 2.11. The van der Waals surface area contributed by atoms with Crippen LogP contribution in [0, 0.1) is 0 Å². The van der Waals surface area contributed by atoms with Crippen molar-refractivity contribution in [3.8, 4) is 17.2 Å². The summed E-state index contributed by atoms with van der Waals surface area (Å²) in [6.45, 7) is -0.539. The highest BCUT2D eigenvalue weighted by atomic mass is 79.9. The Hall–Kier alpha value is -3.26. The van der Waals surface area contributed by atoms with Crippen LogP contribution in [0.4, 0.5) is 0 Å². The lowest BCUT2D eigenvalue weighted by atomic mass is 10.1. The molecule has 2 amide bonds. The molecule has 0 aromatic heterocycles. The van der Waals surface area contributed by atoms with Crippen LogP contribution in [0.5, 0.6) is 17.2 Å². The Labute approximate surface area is 176 Å². The zero-order valence-corrected chi connectivity index (χ0v) is 17.2. The van der Waals surface area contributed by atoms with Gasteiger partial charge in [0.1, 0.15) is 5.75 Å². The van der Waals surface area contributed by atoms with Crippen molar-refractivity contribution >= 4 is 38.5 Å². The first kappa shape index (κ1) is 20.5. The number of amides is 2. The highest BCUT2D eigenvalue weighted by molar-refractivity contribution is 9.10. The zero-order valence-electron chi connectivity index (χ0n) is 15.6. The minimum Gasteiger partial charge on any atom is -0.493 e. The fourth-order valence-corrected chi connectivity index (χ4v) is 3.17. The van der Waals surface area contributed by atoms with E-state index >= 15 is 0 Å². The molecular formula is C21H19BrN2O5. The van der Waals surface area contributed by atoms with E-state index in [1.54, 1.807) is 30.3 Å². The number of carbonyl (C=O) groups is 2. The third-order valence-corrected chi connectivity index (χ3v) is 4.77. The molecule has 7 nitrogen and oxygen atoms in total. The summed E-state index contributed by atoms with van der Waals surface area (Å²) in [7, 11) is 1.51. The molecule has 3 rings (SSSR count). The van der Waals surface area contributed by atoms with Gasteiger partial charge in [0.25, 0.3) is 11.8 Å².